The Labute approximate surface area is 227 Å². The first-order valence-electron chi connectivity index (χ1n) is 13.0. The normalized spacial score (nSPS) is 19.2. The van der Waals surface area contributed by atoms with Gasteiger partial charge in [-0.25, -0.2) is 4.98 Å². The molecule has 0 saturated carbocycles. The summed E-state index contributed by atoms with van der Waals surface area (Å²) in [6.07, 6.45) is 3.27. The molecule has 1 saturated heterocycles. The number of hydrogen-bond acceptors (Lipinski definition) is 7. The number of hydrogen-bond donors (Lipinski definition) is 2. The Balaban J connectivity index is 1.30. The fourth-order valence-corrected chi connectivity index (χ4v) is 4.66. The van der Waals surface area contributed by atoms with Gasteiger partial charge in [-0.1, -0.05) is 54.6 Å². The van der Waals surface area contributed by atoms with Crippen molar-refractivity contribution in [3.8, 4) is 0 Å². The van der Waals surface area contributed by atoms with E-state index in [0.29, 0.717) is 17.6 Å². The summed E-state index contributed by atoms with van der Waals surface area (Å²) in [5, 5.41) is 12.3. The maximum absolute atomic E-state index is 12.8. The molecular weight excluding hydrogens is 492 g/mol. The van der Waals surface area contributed by atoms with Gasteiger partial charge in [-0.05, 0) is 42.4 Å². The maximum Gasteiger partial charge on any atom is 0.275 e. The van der Waals surface area contributed by atoms with Gasteiger partial charge in [-0.3, -0.25) is 9.78 Å². The van der Waals surface area contributed by atoms with E-state index in [9.17, 15) is 9.90 Å². The lowest BCUT2D eigenvalue weighted by atomic mass is 9.99. The van der Waals surface area contributed by atoms with Crippen LogP contribution in [0.5, 0.6) is 0 Å². The van der Waals surface area contributed by atoms with Crippen LogP contribution in [0.15, 0.2) is 91.6 Å². The van der Waals surface area contributed by atoms with Gasteiger partial charge in [0.15, 0.2) is 6.29 Å². The average Bonchev–Trinajstić information content (AvgIpc) is 2.97. The van der Waals surface area contributed by atoms with Gasteiger partial charge >= 0.3 is 0 Å². The minimum Gasteiger partial charge on any atom is -0.392 e. The van der Waals surface area contributed by atoms with E-state index in [2.05, 4.69) is 26.8 Å². The number of nitrogens with one attached hydrogen (secondary N) is 1. The molecular formula is C31H32N4O4. The summed E-state index contributed by atoms with van der Waals surface area (Å²) in [4.78, 5) is 23.7. The number of aromatic nitrogens is 2. The van der Waals surface area contributed by atoms with Crippen LogP contribution in [-0.4, -0.2) is 52.1 Å². The van der Waals surface area contributed by atoms with Crippen molar-refractivity contribution in [3.05, 3.63) is 114 Å². The summed E-state index contributed by atoms with van der Waals surface area (Å²) in [6.45, 7) is 5.33. The predicted molar refractivity (Wildman–Crippen MR) is 150 cm³/mol. The van der Waals surface area contributed by atoms with Crippen LogP contribution in [0.25, 0.3) is 11.0 Å². The Bertz CT molecular complexity index is 1420. The molecule has 0 spiro atoms. The van der Waals surface area contributed by atoms with Crippen molar-refractivity contribution in [1.29, 1.82) is 0 Å². The first-order valence-corrected chi connectivity index (χ1v) is 13.0. The molecule has 0 aliphatic carbocycles. The molecule has 0 bridgehead atoms. The largest absolute Gasteiger partial charge is 0.392 e. The standard InChI is InChI=1S/C31H32N4O4/c1-3-16-35(2)19-25-17-29(22-10-8-21(20-36)9-11-22)39-31(38-25)23-12-14-24(15-13-23)33-30(37)28-18-32-26-6-4-5-7-27(26)34-28/h3-15,18,25,29,31,36H,1,16-17,19-20H2,2H3,(H,33,37)/t25-,29+,31+/m0/s1. The van der Waals surface area contributed by atoms with E-state index in [1.54, 1.807) is 0 Å². The molecule has 1 aromatic heterocycles. The molecule has 3 aromatic carbocycles. The molecule has 4 aromatic rings. The van der Waals surface area contributed by atoms with E-state index in [-0.39, 0.29) is 30.4 Å². The van der Waals surface area contributed by atoms with Gasteiger partial charge in [0.1, 0.15) is 5.69 Å². The second kappa shape index (κ2) is 12.3. The smallest absolute Gasteiger partial charge is 0.275 e. The van der Waals surface area contributed by atoms with E-state index in [1.807, 2.05) is 85.9 Å². The van der Waals surface area contributed by atoms with Crippen LogP contribution < -0.4 is 5.32 Å². The number of nitrogens with zero attached hydrogens (tertiary/aromatic N) is 3. The second-order valence-electron chi connectivity index (χ2n) is 9.68. The number of anilines is 1. The summed E-state index contributed by atoms with van der Waals surface area (Å²) < 4.78 is 12.8. The molecule has 1 fully saturated rings. The number of amides is 1. The van der Waals surface area contributed by atoms with Crippen LogP contribution in [-0.2, 0) is 16.1 Å². The van der Waals surface area contributed by atoms with Crippen molar-refractivity contribution in [2.75, 3.05) is 25.5 Å². The molecule has 200 valence electrons. The second-order valence-corrected chi connectivity index (χ2v) is 9.68. The van der Waals surface area contributed by atoms with Crippen molar-refractivity contribution in [3.63, 3.8) is 0 Å². The van der Waals surface area contributed by atoms with Gasteiger partial charge in [-0.2, -0.15) is 0 Å². The first kappa shape index (κ1) is 26.6. The molecule has 3 atom stereocenters. The highest BCUT2D eigenvalue weighted by Gasteiger charge is 2.32. The number of aliphatic hydroxyl groups excluding tert-OH is 1. The topological polar surface area (TPSA) is 96.8 Å². The summed E-state index contributed by atoms with van der Waals surface area (Å²) in [5.74, 6) is -0.331. The molecule has 1 amide bonds. The Morgan fingerprint density at radius 2 is 1.77 bits per heavy atom. The Hall–Kier alpha value is -3.95. The minimum atomic E-state index is -0.570. The van der Waals surface area contributed by atoms with Crippen LogP contribution in [0.3, 0.4) is 0 Å². The number of carbonyl (C=O) groups is 1. The fourth-order valence-electron chi connectivity index (χ4n) is 4.66. The quantitative estimate of drug-likeness (QED) is 0.296. The van der Waals surface area contributed by atoms with Gasteiger partial charge in [0.2, 0.25) is 0 Å². The van der Waals surface area contributed by atoms with Crippen molar-refractivity contribution in [1.82, 2.24) is 14.9 Å². The van der Waals surface area contributed by atoms with Gasteiger partial charge in [0.25, 0.3) is 5.91 Å². The summed E-state index contributed by atoms with van der Waals surface area (Å²) in [5.41, 5.74) is 5.04. The Morgan fingerprint density at radius 1 is 1.05 bits per heavy atom. The highest BCUT2D eigenvalue weighted by atomic mass is 16.7. The van der Waals surface area contributed by atoms with Crippen LogP contribution in [0.4, 0.5) is 5.69 Å². The molecule has 1 aliphatic heterocycles. The highest BCUT2D eigenvalue weighted by Crippen LogP contribution is 2.38. The fraction of sp³-hybridized carbons (Fsp3) is 0.258. The Morgan fingerprint density at radius 3 is 2.49 bits per heavy atom. The number of carbonyl (C=O) groups excluding carboxylic acids is 1. The van der Waals surface area contributed by atoms with E-state index in [0.717, 1.165) is 35.3 Å². The lowest BCUT2D eigenvalue weighted by Gasteiger charge is -2.37. The van der Waals surface area contributed by atoms with Crippen molar-refractivity contribution in [2.45, 2.75) is 31.5 Å². The monoisotopic (exact) mass is 524 g/mol. The molecule has 8 nitrogen and oxygen atoms in total. The number of benzene rings is 3. The molecule has 1 aliphatic rings. The number of ether oxygens (including phenoxy) is 2. The molecule has 39 heavy (non-hydrogen) atoms. The third kappa shape index (κ3) is 6.55. The number of likely N-dealkylation sites (N-methyl/N-ethyl adjacent to an activating group) is 1. The van der Waals surface area contributed by atoms with E-state index in [4.69, 9.17) is 9.47 Å². The predicted octanol–water partition coefficient (Wildman–Crippen LogP) is 5.04. The van der Waals surface area contributed by atoms with Crippen LogP contribution in [0, 0.1) is 0 Å². The average molecular weight is 525 g/mol. The van der Waals surface area contributed by atoms with Crippen LogP contribution >= 0.6 is 0 Å². The number of rotatable bonds is 9. The molecule has 8 heteroatoms. The zero-order valence-corrected chi connectivity index (χ0v) is 21.9. The van der Waals surface area contributed by atoms with Gasteiger partial charge in [0, 0.05) is 30.8 Å². The Kier molecular flexibility index (Phi) is 8.39. The zero-order chi connectivity index (χ0) is 27.2. The summed E-state index contributed by atoms with van der Waals surface area (Å²) >= 11 is 0. The van der Waals surface area contributed by atoms with Gasteiger partial charge < -0.3 is 24.8 Å². The van der Waals surface area contributed by atoms with Gasteiger partial charge in [0.05, 0.1) is 36.0 Å². The van der Waals surface area contributed by atoms with Crippen LogP contribution in [0.1, 0.15) is 46.0 Å². The highest BCUT2D eigenvalue weighted by molar-refractivity contribution is 6.03. The van der Waals surface area contributed by atoms with Gasteiger partial charge in [-0.15, -0.1) is 6.58 Å². The lowest BCUT2D eigenvalue weighted by molar-refractivity contribution is -0.252. The SMILES string of the molecule is C=CCN(C)C[C@@H]1C[C@H](c2ccc(CO)cc2)O[C@H](c2ccc(NC(=O)c3cnc4ccccc4n3)cc2)O1. The van der Waals surface area contributed by atoms with Crippen LogP contribution in [0.2, 0.25) is 0 Å². The number of fused-ring (bicyclic) bond motifs is 1. The van der Waals surface area contributed by atoms with Crippen molar-refractivity contribution in [2.24, 2.45) is 0 Å². The lowest BCUT2D eigenvalue weighted by Crippen LogP contribution is -2.37. The number of aliphatic hydroxyl groups is 1. The summed E-state index contributed by atoms with van der Waals surface area (Å²) in [7, 11) is 2.04. The minimum absolute atomic E-state index is 0.00282. The third-order valence-electron chi connectivity index (χ3n) is 6.69. The van der Waals surface area contributed by atoms with E-state index >= 15 is 0 Å². The van der Waals surface area contributed by atoms with Crippen molar-refractivity contribution >= 4 is 22.6 Å². The zero-order valence-electron chi connectivity index (χ0n) is 21.9. The summed E-state index contributed by atoms with van der Waals surface area (Å²) in [6, 6.07) is 22.7. The first-order chi connectivity index (χ1) is 19.0. The van der Waals surface area contributed by atoms with E-state index < -0.39 is 6.29 Å². The maximum atomic E-state index is 12.8. The molecule has 0 radical (unpaired) electrons. The number of para-hydroxylation sites is 2. The molecule has 2 N–H and O–H groups in total. The van der Waals surface area contributed by atoms with E-state index in [1.165, 1.54) is 6.20 Å². The third-order valence-corrected chi connectivity index (χ3v) is 6.69. The molecule has 0 unspecified atom stereocenters. The molecule has 2 heterocycles. The van der Waals surface area contributed by atoms with Crippen molar-refractivity contribution < 1.29 is 19.4 Å². The molecule has 5 rings (SSSR count).